The van der Waals surface area contributed by atoms with Crippen LogP contribution >= 0.6 is 0 Å². The zero-order valence-corrected chi connectivity index (χ0v) is 9.94. The molecule has 17 heavy (non-hydrogen) atoms. The molecule has 1 unspecified atom stereocenters. The van der Waals surface area contributed by atoms with Crippen molar-refractivity contribution in [2.45, 2.75) is 17.4 Å². The van der Waals surface area contributed by atoms with Crippen molar-refractivity contribution in [1.29, 1.82) is 0 Å². The Kier molecular flexibility index (Phi) is 5.70. The molecule has 0 amide bonds. The van der Waals surface area contributed by atoms with Crippen molar-refractivity contribution in [2.75, 3.05) is 25.1 Å². The number of rotatable bonds is 3. The van der Waals surface area contributed by atoms with Crippen molar-refractivity contribution in [1.82, 2.24) is 0 Å². The SMILES string of the molecule is CO[C@H]1CCN(c2ccc(S(=O)O)cc2)C1.[LiH]. The Balaban J connectivity index is 0.00000144. The molecule has 0 spiro atoms. The van der Waals surface area contributed by atoms with Crippen molar-refractivity contribution in [2.24, 2.45) is 0 Å². The molecule has 0 saturated carbocycles. The number of nitrogens with zero attached hydrogens (tertiary/aromatic N) is 1. The average Bonchev–Trinajstić information content (AvgIpc) is 2.77. The molecular weight excluding hydrogens is 233 g/mol. The predicted octanol–water partition coefficient (Wildman–Crippen LogP) is 0.844. The second-order valence-electron chi connectivity index (χ2n) is 3.84. The van der Waals surface area contributed by atoms with Crippen LogP contribution in [0.15, 0.2) is 29.2 Å². The summed E-state index contributed by atoms with van der Waals surface area (Å²) in [6, 6.07) is 7.13. The molecule has 1 aliphatic rings. The minimum atomic E-state index is -1.89. The first kappa shape index (κ1) is 14.7. The molecule has 1 fully saturated rings. The van der Waals surface area contributed by atoms with Gasteiger partial charge in [0.05, 0.1) is 11.0 Å². The van der Waals surface area contributed by atoms with Crippen LogP contribution in [0.25, 0.3) is 0 Å². The summed E-state index contributed by atoms with van der Waals surface area (Å²) in [6.45, 7) is 1.86. The summed E-state index contributed by atoms with van der Waals surface area (Å²) in [5.41, 5.74) is 1.08. The zero-order valence-electron chi connectivity index (χ0n) is 9.13. The van der Waals surface area contributed by atoms with Gasteiger partial charge < -0.3 is 14.2 Å². The molecule has 1 saturated heterocycles. The second kappa shape index (κ2) is 6.57. The molecule has 2 rings (SSSR count). The van der Waals surface area contributed by atoms with Crippen LogP contribution in [0.2, 0.25) is 0 Å². The number of anilines is 1. The molecule has 1 aliphatic heterocycles. The van der Waals surface area contributed by atoms with Crippen LogP contribution in [0.3, 0.4) is 0 Å². The van der Waals surface area contributed by atoms with Crippen molar-refractivity contribution in [3.05, 3.63) is 24.3 Å². The number of ether oxygens (including phenoxy) is 1. The monoisotopic (exact) mass is 249 g/mol. The Labute approximate surface area is 116 Å². The standard InChI is InChI=1S/C11H15NO3S.Li.H/c1-15-10-6-7-12(8-10)9-2-4-11(5-3-9)16(13)14;;/h2-5,10H,6-8H2,1H3,(H,13,14);;/t10-;;/m0../s1. The van der Waals surface area contributed by atoms with E-state index in [-0.39, 0.29) is 18.9 Å². The van der Waals surface area contributed by atoms with Crippen molar-refractivity contribution in [3.63, 3.8) is 0 Å². The van der Waals surface area contributed by atoms with Crippen molar-refractivity contribution >= 4 is 35.6 Å². The summed E-state index contributed by atoms with van der Waals surface area (Å²) in [5, 5.41) is 0. The van der Waals surface area contributed by atoms with Gasteiger partial charge in [0.1, 0.15) is 0 Å². The van der Waals surface area contributed by atoms with Gasteiger partial charge in [-0.15, -0.1) is 0 Å². The number of benzene rings is 1. The van der Waals surface area contributed by atoms with Crippen molar-refractivity contribution < 1.29 is 13.5 Å². The third kappa shape index (κ3) is 3.57. The normalized spacial score (nSPS) is 21.1. The molecule has 0 aromatic heterocycles. The molecule has 6 heteroatoms. The Morgan fingerprint density at radius 3 is 2.53 bits per heavy atom. The van der Waals surface area contributed by atoms with Gasteiger partial charge in [0.2, 0.25) is 0 Å². The molecule has 1 aromatic rings. The van der Waals surface area contributed by atoms with E-state index in [1.165, 1.54) is 0 Å². The topological polar surface area (TPSA) is 49.8 Å². The molecule has 2 atom stereocenters. The summed E-state index contributed by atoms with van der Waals surface area (Å²) >= 11 is -1.89. The van der Waals surface area contributed by atoms with E-state index in [1.807, 2.05) is 12.1 Å². The summed E-state index contributed by atoms with van der Waals surface area (Å²) in [6.07, 6.45) is 1.33. The van der Waals surface area contributed by atoms with E-state index in [9.17, 15) is 4.21 Å². The molecular formula is C11H16LiNO3S. The quantitative estimate of drug-likeness (QED) is 0.637. The first-order valence-electron chi connectivity index (χ1n) is 5.19. The third-order valence-electron chi connectivity index (χ3n) is 2.88. The summed E-state index contributed by atoms with van der Waals surface area (Å²) in [5.74, 6) is 0. The van der Waals surface area contributed by atoms with E-state index in [0.717, 1.165) is 25.2 Å². The van der Waals surface area contributed by atoms with E-state index in [2.05, 4.69) is 4.90 Å². The Bertz CT molecular complexity index is 385. The van der Waals surface area contributed by atoms with E-state index in [4.69, 9.17) is 9.29 Å². The Morgan fingerprint density at radius 2 is 2.06 bits per heavy atom. The molecule has 4 nitrogen and oxygen atoms in total. The fraction of sp³-hybridized carbons (Fsp3) is 0.455. The van der Waals surface area contributed by atoms with Gasteiger partial charge in [0.25, 0.3) is 0 Å². The van der Waals surface area contributed by atoms with Gasteiger partial charge in [-0.05, 0) is 30.7 Å². The van der Waals surface area contributed by atoms with Crippen LogP contribution in [-0.4, -0.2) is 53.9 Å². The molecule has 0 aliphatic carbocycles. The molecule has 1 heterocycles. The average molecular weight is 249 g/mol. The second-order valence-corrected chi connectivity index (χ2v) is 4.81. The van der Waals surface area contributed by atoms with Gasteiger partial charge in [-0.2, -0.15) is 0 Å². The third-order valence-corrected chi connectivity index (χ3v) is 3.56. The minimum absolute atomic E-state index is 0. The maximum absolute atomic E-state index is 10.8. The van der Waals surface area contributed by atoms with E-state index >= 15 is 0 Å². The van der Waals surface area contributed by atoms with E-state index in [1.54, 1.807) is 19.2 Å². The summed E-state index contributed by atoms with van der Waals surface area (Å²) in [7, 11) is 1.73. The van der Waals surface area contributed by atoms with Gasteiger partial charge in [-0.25, -0.2) is 4.21 Å². The van der Waals surface area contributed by atoms with Gasteiger partial charge >= 0.3 is 18.9 Å². The first-order chi connectivity index (χ1) is 7.70. The van der Waals surface area contributed by atoms with Crippen LogP contribution in [0.4, 0.5) is 5.69 Å². The van der Waals surface area contributed by atoms with E-state index < -0.39 is 11.1 Å². The van der Waals surface area contributed by atoms with E-state index in [0.29, 0.717) is 11.0 Å². The zero-order chi connectivity index (χ0) is 11.5. The fourth-order valence-electron chi connectivity index (χ4n) is 1.93. The van der Waals surface area contributed by atoms with Gasteiger partial charge in [0.15, 0.2) is 11.1 Å². The summed E-state index contributed by atoms with van der Waals surface area (Å²) in [4.78, 5) is 2.66. The first-order valence-corrected chi connectivity index (χ1v) is 6.30. The van der Waals surface area contributed by atoms with Crippen LogP contribution < -0.4 is 4.90 Å². The van der Waals surface area contributed by atoms with Crippen LogP contribution in [0.5, 0.6) is 0 Å². The molecule has 1 aromatic carbocycles. The molecule has 0 bridgehead atoms. The van der Waals surface area contributed by atoms with Crippen LogP contribution in [0.1, 0.15) is 6.42 Å². The number of methoxy groups -OCH3 is 1. The number of hydrogen-bond donors (Lipinski definition) is 1. The maximum atomic E-state index is 10.8. The Morgan fingerprint density at radius 1 is 1.41 bits per heavy atom. The van der Waals surface area contributed by atoms with Gasteiger partial charge in [-0.3, -0.25) is 0 Å². The predicted molar refractivity (Wildman–Crippen MR) is 70.3 cm³/mol. The van der Waals surface area contributed by atoms with Crippen LogP contribution in [0, 0.1) is 0 Å². The molecule has 90 valence electrons. The van der Waals surface area contributed by atoms with Crippen LogP contribution in [-0.2, 0) is 15.8 Å². The molecule has 1 N–H and O–H groups in total. The van der Waals surface area contributed by atoms with Gasteiger partial charge in [-0.1, -0.05) is 0 Å². The van der Waals surface area contributed by atoms with Crippen molar-refractivity contribution in [3.8, 4) is 0 Å². The fourth-order valence-corrected chi connectivity index (χ4v) is 2.30. The summed E-state index contributed by atoms with van der Waals surface area (Å²) < 4.78 is 25.0. The number of hydrogen-bond acceptors (Lipinski definition) is 3. The molecule has 0 radical (unpaired) electrons. The Hall–Kier alpha value is -0.313. The van der Waals surface area contributed by atoms with Gasteiger partial charge in [0, 0.05) is 25.9 Å².